The van der Waals surface area contributed by atoms with Crippen molar-refractivity contribution in [3.63, 3.8) is 0 Å². The van der Waals surface area contributed by atoms with Crippen LogP contribution < -0.4 is 5.32 Å². The van der Waals surface area contributed by atoms with Crippen LogP contribution in [-0.4, -0.2) is 74.1 Å². The van der Waals surface area contributed by atoms with Gasteiger partial charge in [0.05, 0.1) is 12.5 Å². The van der Waals surface area contributed by atoms with Crippen LogP contribution in [0.5, 0.6) is 0 Å². The lowest BCUT2D eigenvalue weighted by molar-refractivity contribution is -0.149. The first-order chi connectivity index (χ1) is 13.2. The van der Waals surface area contributed by atoms with Gasteiger partial charge in [-0.15, -0.1) is 24.0 Å². The fourth-order valence-corrected chi connectivity index (χ4v) is 4.22. The summed E-state index contributed by atoms with van der Waals surface area (Å²) < 4.78 is 5.17. The summed E-state index contributed by atoms with van der Waals surface area (Å²) >= 11 is 0. The number of carbonyl (C=O) groups is 1. The second kappa shape index (κ2) is 14.4. The molecule has 28 heavy (non-hydrogen) atoms. The van der Waals surface area contributed by atoms with Crippen molar-refractivity contribution in [1.29, 1.82) is 0 Å². The van der Waals surface area contributed by atoms with E-state index in [2.05, 4.69) is 29.1 Å². The SMILES string of the molecule is CCNC(=NCCCN(C)C1CCCCC1)N1CCC(C(=O)OCC)CC1.I. The first-order valence-electron chi connectivity index (χ1n) is 11.1. The summed E-state index contributed by atoms with van der Waals surface area (Å²) in [6.45, 7) is 9.05. The van der Waals surface area contributed by atoms with E-state index in [1.54, 1.807) is 0 Å². The Balaban J connectivity index is 0.00000392. The predicted octanol–water partition coefficient (Wildman–Crippen LogP) is 3.50. The third kappa shape index (κ3) is 8.43. The summed E-state index contributed by atoms with van der Waals surface area (Å²) in [6, 6.07) is 0.776. The van der Waals surface area contributed by atoms with E-state index in [-0.39, 0.29) is 35.9 Å². The molecule has 0 unspecified atom stereocenters. The number of likely N-dealkylation sites (tertiary alicyclic amines) is 1. The van der Waals surface area contributed by atoms with Crippen LogP contribution in [0.25, 0.3) is 0 Å². The number of nitrogens with one attached hydrogen (secondary N) is 1. The van der Waals surface area contributed by atoms with Gasteiger partial charge in [0.2, 0.25) is 0 Å². The number of hydrogen-bond donors (Lipinski definition) is 1. The molecule has 0 spiro atoms. The van der Waals surface area contributed by atoms with Crippen LogP contribution in [-0.2, 0) is 9.53 Å². The Morgan fingerprint density at radius 1 is 1.14 bits per heavy atom. The highest BCUT2D eigenvalue weighted by Gasteiger charge is 2.27. The van der Waals surface area contributed by atoms with Gasteiger partial charge >= 0.3 is 5.97 Å². The number of nitrogens with zero attached hydrogens (tertiary/aromatic N) is 3. The summed E-state index contributed by atoms with van der Waals surface area (Å²) in [5.74, 6) is 1.01. The molecule has 1 N–H and O–H groups in total. The van der Waals surface area contributed by atoms with Crippen LogP contribution >= 0.6 is 24.0 Å². The van der Waals surface area contributed by atoms with E-state index in [9.17, 15) is 4.79 Å². The molecule has 2 rings (SSSR count). The Morgan fingerprint density at radius 3 is 2.43 bits per heavy atom. The number of guanidine groups is 1. The lowest BCUT2D eigenvalue weighted by Gasteiger charge is -2.33. The first kappa shape index (κ1) is 25.5. The molecule has 1 saturated carbocycles. The Kier molecular flexibility index (Phi) is 13.1. The molecule has 164 valence electrons. The number of hydrogen-bond acceptors (Lipinski definition) is 4. The highest BCUT2D eigenvalue weighted by atomic mass is 127. The summed E-state index contributed by atoms with van der Waals surface area (Å²) in [6.07, 6.45) is 9.71. The van der Waals surface area contributed by atoms with Crippen molar-refractivity contribution in [2.24, 2.45) is 10.9 Å². The average molecular weight is 508 g/mol. The lowest BCUT2D eigenvalue weighted by Crippen LogP contribution is -2.46. The average Bonchev–Trinajstić information content (AvgIpc) is 2.71. The molecule has 1 aliphatic heterocycles. The zero-order valence-electron chi connectivity index (χ0n) is 18.1. The van der Waals surface area contributed by atoms with Crippen LogP contribution in [0.15, 0.2) is 4.99 Å². The van der Waals surface area contributed by atoms with Crippen LogP contribution in [0.1, 0.15) is 65.2 Å². The number of halogens is 1. The molecule has 0 aromatic rings. The molecule has 0 amide bonds. The molecule has 2 fully saturated rings. The summed E-state index contributed by atoms with van der Waals surface area (Å²) in [5.41, 5.74) is 0. The topological polar surface area (TPSA) is 57.2 Å². The maximum atomic E-state index is 11.9. The van der Waals surface area contributed by atoms with Crippen LogP contribution in [0.2, 0.25) is 0 Å². The Bertz CT molecular complexity index is 461. The van der Waals surface area contributed by atoms with Gasteiger partial charge in [0.15, 0.2) is 5.96 Å². The van der Waals surface area contributed by atoms with Gasteiger partial charge in [0, 0.05) is 32.2 Å². The normalized spacial score (nSPS) is 19.4. The molecule has 0 bridgehead atoms. The van der Waals surface area contributed by atoms with Crippen molar-refractivity contribution in [2.45, 2.75) is 71.3 Å². The maximum Gasteiger partial charge on any atom is 0.309 e. The third-order valence-corrected chi connectivity index (χ3v) is 5.88. The zero-order chi connectivity index (χ0) is 19.5. The van der Waals surface area contributed by atoms with E-state index < -0.39 is 0 Å². The smallest absolute Gasteiger partial charge is 0.309 e. The minimum Gasteiger partial charge on any atom is -0.466 e. The summed E-state index contributed by atoms with van der Waals surface area (Å²) in [5, 5.41) is 3.42. The molecule has 0 aromatic carbocycles. The molecule has 1 saturated heterocycles. The molecule has 1 aliphatic carbocycles. The van der Waals surface area contributed by atoms with Crippen LogP contribution in [0.4, 0.5) is 0 Å². The van der Waals surface area contributed by atoms with Gasteiger partial charge in [-0.3, -0.25) is 9.79 Å². The lowest BCUT2D eigenvalue weighted by atomic mass is 9.94. The Labute approximate surface area is 188 Å². The van der Waals surface area contributed by atoms with Crippen molar-refractivity contribution in [3.8, 4) is 0 Å². The second-order valence-corrected chi connectivity index (χ2v) is 7.88. The van der Waals surface area contributed by atoms with Gasteiger partial charge in [-0.2, -0.15) is 0 Å². The van der Waals surface area contributed by atoms with Gasteiger partial charge in [-0.05, 0) is 59.5 Å². The summed E-state index contributed by atoms with van der Waals surface area (Å²) in [7, 11) is 2.27. The molecule has 1 heterocycles. The Hall–Kier alpha value is -0.570. The van der Waals surface area contributed by atoms with E-state index in [1.165, 1.54) is 32.1 Å². The number of carbonyl (C=O) groups excluding carboxylic acids is 1. The number of aliphatic imine (C=N–C) groups is 1. The van der Waals surface area contributed by atoms with Gasteiger partial charge in [0.25, 0.3) is 0 Å². The zero-order valence-corrected chi connectivity index (χ0v) is 20.5. The van der Waals surface area contributed by atoms with E-state index in [1.807, 2.05) is 6.92 Å². The number of piperidine rings is 1. The molecule has 0 aromatic heterocycles. The first-order valence-corrected chi connectivity index (χ1v) is 11.1. The minimum atomic E-state index is -0.0372. The van der Waals surface area contributed by atoms with E-state index in [0.29, 0.717) is 6.61 Å². The molecule has 0 atom stereocenters. The van der Waals surface area contributed by atoms with Crippen molar-refractivity contribution >= 4 is 35.9 Å². The predicted molar refractivity (Wildman–Crippen MR) is 126 cm³/mol. The number of esters is 1. The number of ether oxygens (including phenoxy) is 1. The monoisotopic (exact) mass is 508 g/mol. The van der Waals surface area contributed by atoms with Crippen LogP contribution in [0, 0.1) is 5.92 Å². The van der Waals surface area contributed by atoms with E-state index >= 15 is 0 Å². The van der Waals surface area contributed by atoms with Crippen molar-refractivity contribution in [2.75, 3.05) is 46.4 Å². The van der Waals surface area contributed by atoms with Gasteiger partial charge in [-0.25, -0.2) is 0 Å². The third-order valence-electron chi connectivity index (χ3n) is 5.88. The fraction of sp³-hybridized carbons (Fsp3) is 0.905. The van der Waals surface area contributed by atoms with Crippen molar-refractivity contribution < 1.29 is 9.53 Å². The fourth-order valence-electron chi connectivity index (χ4n) is 4.22. The van der Waals surface area contributed by atoms with Gasteiger partial charge < -0.3 is 19.9 Å². The van der Waals surface area contributed by atoms with Crippen LogP contribution in [0.3, 0.4) is 0 Å². The minimum absolute atomic E-state index is 0. The van der Waals surface area contributed by atoms with Crippen molar-refractivity contribution in [3.05, 3.63) is 0 Å². The molecular formula is C21H41IN4O2. The molecule has 0 radical (unpaired) electrons. The van der Waals surface area contributed by atoms with E-state index in [4.69, 9.17) is 9.73 Å². The second-order valence-electron chi connectivity index (χ2n) is 7.88. The molecule has 2 aliphatic rings. The largest absolute Gasteiger partial charge is 0.466 e. The standard InChI is InChI=1S/C21H40N4O2.HI/c1-4-22-21(25-16-12-18(13-17-25)20(26)27-5-2)23-14-9-15-24(3)19-10-7-6-8-11-19;/h18-19H,4-17H2,1-3H3,(H,22,23);1H. The number of rotatable bonds is 8. The molecule has 6 nitrogen and oxygen atoms in total. The molecular weight excluding hydrogens is 467 g/mol. The van der Waals surface area contributed by atoms with Gasteiger partial charge in [-0.1, -0.05) is 19.3 Å². The Morgan fingerprint density at radius 2 is 1.82 bits per heavy atom. The highest BCUT2D eigenvalue weighted by molar-refractivity contribution is 14.0. The van der Waals surface area contributed by atoms with Gasteiger partial charge in [0.1, 0.15) is 0 Å². The summed E-state index contributed by atoms with van der Waals surface area (Å²) in [4.78, 5) is 21.6. The van der Waals surface area contributed by atoms with E-state index in [0.717, 1.165) is 64.0 Å². The maximum absolute atomic E-state index is 11.9. The highest BCUT2D eigenvalue weighted by Crippen LogP contribution is 2.21. The van der Waals surface area contributed by atoms with Crippen molar-refractivity contribution in [1.82, 2.24) is 15.1 Å². The quantitative estimate of drug-likeness (QED) is 0.179. The molecule has 7 heteroatoms.